The summed E-state index contributed by atoms with van der Waals surface area (Å²) in [5, 5.41) is 3.01. The molecule has 1 aromatic carbocycles. The molecule has 8 heteroatoms. The number of amides is 1. The first kappa shape index (κ1) is 26.7. The Bertz CT molecular complexity index is 1500. The number of benzene rings is 1. The first-order chi connectivity index (χ1) is 17.3. The van der Waals surface area contributed by atoms with Gasteiger partial charge in [0.05, 0.1) is 11.7 Å². The highest BCUT2D eigenvalue weighted by molar-refractivity contribution is 7.89. The van der Waals surface area contributed by atoms with Crippen molar-refractivity contribution in [3.05, 3.63) is 98.3 Å². The Labute approximate surface area is 218 Å². The third kappa shape index (κ3) is 5.80. The molecule has 2 unspecified atom stereocenters. The van der Waals surface area contributed by atoms with Crippen molar-refractivity contribution >= 4 is 21.3 Å². The molecule has 1 amide bonds. The summed E-state index contributed by atoms with van der Waals surface area (Å²) < 4.78 is 23.7. The molecule has 0 spiro atoms. The number of nitrogens with zero attached hydrogens (tertiary/aromatic N) is 1. The van der Waals surface area contributed by atoms with E-state index in [2.05, 4.69) is 41.3 Å². The van der Waals surface area contributed by atoms with E-state index in [4.69, 9.17) is 0 Å². The van der Waals surface area contributed by atoms with Crippen molar-refractivity contribution in [2.24, 2.45) is 11.8 Å². The van der Waals surface area contributed by atoms with Crippen LogP contribution in [0.3, 0.4) is 0 Å². The van der Waals surface area contributed by atoms with Crippen LogP contribution in [0.25, 0.3) is 5.57 Å². The lowest BCUT2D eigenvalue weighted by Crippen LogP contribution is -2.38. The van der Waals surface area contributed by atoms with Crippen LogP contribution in [0, 0.1) is 25.7 Å². The highest BCUT2D eigenvalue weighted by Crippen LogP contribution is 2.44. The molecule has 2 atom stereocenters. The SMILES string of the molecule is CC1=CN(C(C)C)C2=CC(c3cccc(CS(C)(=O)=O)c3)=CC(C(=O)NCc3c(C)cc(C)[nH]c3=O)C12. The molecular formula is C29H35N3O4S. The van der Waals surface area contributed by atoms with Gasteiger partial charge >= 0.3 is 0 Å². The van der Waals surface area contributed by atoms with E-state index in [0.717, 1.165) is 33.7 Å². The van der Waals surface area contributed by atoms with Crippen molar-refractivity contribution < 1.29 is 13.2 Å². The van der Waals surface area contributed by atoms with Gasteiger partial charge in [0, 0.05) is 47.9 Å². The maximum absolute atomic E-state index is 13.6. The molecule has 2 aromatic rings. The lowest BCUT2D eigenvalue weighted by atomic mass is 9.78. The molecule has 0 radical (unpaired) electrons. The van der Waals surface area contributed by atoms with E-state index < -0.39 is 15.8 Å². The van der Waals surface area contributed by atoms with Crippen LogP contribution in [-0.2, 0) is 26.9 Å². The Morgan fingerprint density at radius 3 is 2.54 bits per heavy atom. The molecule has 0 bridgehead atoms. The molecule has 37 heavy (non-hydrogen) atoms. The Morgan fingerprint density at radius 2 is 1.89 bits per heavy atom. The number of allylic oxidation sites excluding steroid dienone is 3. The molecule has 7 nitrogen and oxygen atoms in total. The maximum Gasteiger partial charge on any atom is 0.253 e. The van der Waals surface area contributed by atoms with Crippen LogP contribution in [0.5, 0.6) is 0 Å². The molecule has 4 rings (SSSR count). The number of hydrogen-bond acceptors (Lipinski definition) is 5. The zero-order valence-electron chi connectivity index (χ0n) is 22.3. The average molecular weight is 522 g/mol. The Kier molecular flexibility index (Phi) is 7.33. The summed E-state index contributed by atoms with van der Waals surface area (Å²) in [5.41, 5.74) is 6.57. The number of H-pyrrole nitrogens is 1. The van der Waals surface area contributed by atoms with Crippen LogP contribution in [0.4, 0.5) is 0 Å². The summed E-state index contributed by atoms with van der Waals surface area (Å²) in [5.74, 6) is -0.778. The van der Waals surface area contributed by atoms with E-state index in [1.807, 2.05) is 51.1 Å². The van der Waals surface area contributed by atoms with Crippen LogP contribution in [0.1, 0.15) is 48.7 Å². The van der Waals surface area contributed by atoms with Gasteiger partial charge in [-0.25, -0.2) is 8.42 Å². The lowest BCUT2D eigenvalue weighted by Gasteiger charge is -2.33. The zero-order chi connectivity index (χ0) is 27.1. The molecule has 2 N–H and O–H groups in total. The number of fused-ring (bicyclic) bond motifs is 1. The fourth-order valence-electron chi connectivity index (χ4n) is 5.29. The third-order valence-electron chi connectivity index (χ3n) is 6.95. The minimum atomic E-state index is -3.18. The zero-order valence-corrected chi connectivity index (χ0v) is 23.1. The van der Waals surface area contributed by atoms with Gasteiger partial charge in [-0.1, -0.05) is 30.3 Å². The number of nitrogens with one attached hydrogen (secondary N) is 2. The predicted molar refractivity (Wildman–Crippen MR) is 147 cm³/mol. The molecule has 2 aliphatic rings. The van der Waals surface area contributed by atoms with E-state index in [0.29, 0.717) is 11.1 Å². The van der Waals surface area contributed by atoms with Gasteiger partial charge in [0.25, 0.3) is 5.56 Å². The highest BCUT2D eigenvalue weighted by Gasteiger charge is 2.40. The normalized spacial score (nSPS) is 19.3. The van der Waals surface area contributed by atoms with Gasteiger partial charge in [-0.3, -0.25) is 9.59 Å². The van der Waals surface area contributed by atoms with Crippen LogP contribution in [0.2, 0.25) is 0 Å². The molecule has 1 aliphatic heterocycles. The second-order valence-electron chi connectivity index (χ2n) is 10.5. The first-order valence-electron chi connectivity index (χ1n) is 12.5. The third-order valence-corrected chi connectivity index (χ3v) is 7.81. The first-order valence-corrected chi connectivity index (χ1v) is 14.5. The second-order valence-corrected chi connectivity index (χ2v) is 12.6. The fourth-order valence-corrected chi connectivity index (χ4v) is 6.07. The maximum atomic E-state index is 13.6. The summed E-state index contributed by atoms with van der Waals surface area (Å²) in [6, 6.07) is 9.58. The molecule has 1 aromatic heterocycles. The van der Waals surface area contributed by atoms with Crippen molar-refractivity contribution in [2.45, 2.75) is 53.0 Å². The number of pyridine rings is 1. The van der Waals surface area contributed by atoms with Gasteiger partial charge in [-0.2, -0.15) is 0 Å². The van der Waals surface area contributed by atoms with Crippen molar-refractivity contribution in [3.8, 4) is 0 Å². The number of rotatable bonds is 7. The second kappa shape index (κ2) is 10.2. The smallest absolute Gasteiger partial charge is 0.253 e. The van der Waals surface area contributed by atoms with E-state index in [1.54, 1.807) is 6.07 Å². The van der Waals surface area contributed by atoms with E-state index in [1.165, 1.54) is 6.26 Å². The van der Waals surface area contributed by atoms with E-state index >= 15 is 0 Å². The molecular weight excluding hydrogens is 486 g/mol. The molecule has 196 valence electrons. The van der Waals surface area contributed by atoms with Gasteiger partial charge < -0.3 is 15.2 Å². The van der Waals surface area contributed by atoms with Gasteiger partial charge in [0.15, 0.2) is 9.84 Å². The van der Waals surface area contributed by atoms with Crippen LogP contribution >= 0.6 is 0 Å². The predicted octanol–water partition coefficient (Wildman–Crippen LogP) is 3.99. The number of sulfone groups is 1. The van der Waals surface area contributed by atoms with Gasteiger partial charge in [-0.05, 0) is 74.6 Å². The minimum absolute atomic E-state index is 0.0412. The van der Waals surface area contributed by atoms with Crippen molar-refractivity contribution in [1.29, 1.82) is 0 Å². The lowest BCUT2D eigenvalue weighted by molar-refractivity contribution is -0.124. The summed E-state index contributed by atoms with van der Waals surface area (Å²) in [6.45, 7) is 10.1. The molecule has 1 aliphatic carbocycles. The highest BCUT2D eigenvalue weighted by atomic mass is 32.2. The molecule has 0 fully saturated rings. The summed E-state index contributed by atoms with van der Waals surface area (Å²) in [7, 11) is -3.18. The average Bonchev–Trinajstić information content (AvgIpc) is 3.13. The quantitative estimate of drug-likeness (QED) is 0.574. The van der Waals surface area contributed by atoms with Gasteiger partial charge in [0.2, 0.25) is 5.91 Å². The Morgan fingerprint density at radius 1 is 1.16 bits per heavy atom. The van der Waals surface area contributed by atoms with Gasteiger partial charge in [0.1, 0.15) is 0 Å². The van der Waals surface area contributed by atoms with Crippen molar-refractivity contribution in [2.75, 3.05) is 6.26 Å². The molecule has 2 heterocycles. The van der Waals surface area contributed by atoms with Gasteiger partial charge in [-0.15, -0.1) is 0 Å². The van der Waals surface area contributed by atoms with Crippen molar-refractivity contribution in [3.63, 3.8) is 0 Å². The molecule has 0 saturated heterocycles. The van der Waals surface area contributed by atoms with Crippen LogP contribution < -0.4 is 10.9 Å². The Hall–Kier alpha value is -3.39. The summed E-state index contributed by atoms with van der Waals surface area (Å²) in [4.78, 5) is 31.1. The summed E-state index contributed by atoms with van der Waals surface area (Å²) >= 11 is 0. The number of carbonyl (C=O) groups is 1. The number of aryl methyl sites for hydroxylation is 2. The number of carbonyl (C=O) groups excluding carboxylic acids is 1. The van der Waals surface area contributed by atoms with Crippen molar-refractivity contribution in [1.82, 2.24) is 15.2 Å². The van der Waals surface area contributed by atoms with E-state index in [-0.39, 0.29) is 35.7 Å². The van der Waals surface area contributed by atoms with Crippen LogP contribution in [-0.4, -0.2) is 36.5 Å². The minimum Gasteiger partial charge on any atom is -0.351 e. The summed E-state index contributed by atoms with van der Waals surface area (Å²) in [6.07, 6.45) is 7.40. The molecule has 0 saturated carbocycles. The number of aromatic amines is 1. The largest absolute Gasteiger partial charge is 0.351 e. The Balaban J connectivity index is 1.70. The standard InChI is InChI=1S/C29H35N3O4S/c1-17(2)32-15-19(4)27-24(28(33)30-14-25-18(3)10-20(5)31-29(25)34)12-23(13-26(27)32)22-9-7-8-21(11-22)16-37(6,35)36/h7-13,15,17,24,27H,14,16H2,1-6H3,(H,30,33)(H,31,34). The monoisotopic (exact) mass is 521 g/mol. The topological polar surface area (TPSA) is 99.3 Å². The van der Waals surface area contributed by atoms with Crippen LogP contribution in [0.15, 0.2) is 64.7 Å². The number of hydrogen-bond donors (Lipinski definition) is 2. The van der Waals surface area contributed by atoms with E-state index in [9.17, 15) is 18.0 Å². The fraction of sp³-hybridized carbons (Fsp3) is 0.379. The number of aromatic nitrogens is 1.